The van der Waals surface area contributed by atoms with Crippen molar-refractivity contribution in [1.82, 2.24) is 14.8 Å². The molecule has 0 aliphatic rings. The molecule has 5 nitrogen and oxygen atoms in total. The SMILES string of the molecule is COc1cccc(-n2cnnc2C(C)N)c1. The van der Waals surface area contributed by atoms with E-state index in [4.69, 9.17) is 10.5 Å². The molecule has 2 aromatic rings. The molecule has 0 aliphatic carbocycles. The number of nitrogens with zero attached hydrogens (tertiary/aromatic N) is 3. The smallest absolute Gasteiger partial charge is 0.154 e. The van der Waals surface area contributed by atoms with Crippen LogP contribution in [-0.4, -0.2) is 21.9 Å². The van der Waals surface area contributed by atoms with Gasteiger partial charge in [-0.2, -0.15) is 0 Å². The van der Waals surface area contributed by atoms with E-state index in [1.165, 1.54) is 0 Å². The summed E-state index contributed by atoms with van der Waals surface area (Å²) in [5.41, 5.74) is 6.75. The Morgan fingerprint density at radius 3 is 2.94 bits per heavy atom. The van der Waals surface area contributed by atoms with E-state index in [0.29, 0.717) is 0 Å². The van der Waals surface area contributed by atoms with Crippen molar-refractivity contribution in [2.24, 2.45) is 5.73 Å². The number of rotatable bonds is 3. The predicted molar refractivity (Wildman–Crippen MR) is 60.5 cm³/mol. The molecule has 1 aromatic heterocycles. The summed E-state index contributed by atoms with van der Waals surface area (Å²) in [4.78, 5) is 0. The zero-order valence-electron chi connectivity index (χ0n) is 9.29. The van der Waals surface area contributed by atoms with Crippen LogP contribution in [0.25, 0.3) is 5.69 Å². The molecule has 1 aromatic carbocycles. The van der Waals surface area contributed by atoms with E-state index in [0.717, 1.165) is 17.3 Å². The van der Waals surface area contributed by atoms with Crippen LogP contribution in [-0.2, 0) is 0 Å². The van der Waals surface area contributed by atoms with E-state index in [9.17, 15) is 0 Å². The standard InChI is InChI=1S/C11H14N4O/c1-8(12)11-14-13-7-15(11)9-4-3-5-10(6-9)16-2/h3-8H,12H2,1-2H3. The van der Waals surface area contributed by atoms with Crippen LogP contribution >= 0.6 is 0 Å². The van der Waals surface area contributed by atoms with Crippen LogP contribution < -0.4 is 10.5 Å². The highest BCUT2D eigenvalue weighted by Crippen LogP contribution is 2.18. The average Bonchev–Trinajstić information content (AvgIpc) is 2.78. The van der Waals surface area contributed by atoms with Gasteiger partial charge in [0.05, 0.1) is 18.8 Å². The first-order valence-corrected chi connectivity index (χ1v) is 5.02. The fourth-order valence-corrected chi connectivity index (χ4v) is 1.51. The molecule has 2 N–H and O–H groups in total. The summed E-state index contributed by atoms with van der Waals surface area (Å²) >= 11 is 0. The molecule has 1 heterocycles. The molecular weight excluding hydrogens is 204 g/mol. The summed E-state index contributed by atoms with van der Waals surface area (Å²) in [5.74, 6) is 1.52. The maximum atomic E-state index is 5.81. The number of benzene rings is 1. The van der Waals surface area contributed by atoms with Crippen molar-refractivity contribution in [3.63, 3.8) is 0 Å². The predicted octanol–water partition coefficient (Wildman–Crippen LogP) is 1.30. The maximum Gasteiger partial charge on any atom is 0.154 e. The summed E-state index contributed by atoms with van der Waals surface area (Å²) < 4.78 is 7.02. The van der Waals surface area contributed by atoms with Crippen LogP contribution in [0.15, 0.2) is 30.6 Å². The Labute approximate surface area is 93.9 Å². The van der Waals surface area contributed by atoms with E-state index in [1.807, 2.05) is 35.8 Å². The van der Waals surface area contributed by atoms with Gasteiger partial charge in [-0.05, 0) is 19.1 Å². The second-order valence-corrected chi connectivity index (χ2v) is 3.55. The highest BCUT2D eigenvalue weighted by atomic mass is 16.5. The van der Waals surface area contributed by atoms with Crippen molar-refractivity contribution >= 4 is 0 Å². The van der Waals surface area contributed by atoms with Gasteiger partial charge in [-0.1, -0.05) is 6.07 Å². The highest BCUT2D eigenvalue weighted by molar-refractivity contribution is 5.39. The first-order chi connectivity index (χ1) is 7.72. The van der Waals surface area contributed by atoms with Crippen LogP contribution in [0.5, 0.6) is 5.75 Å². The lowest BCUT2D eigenvalue weighted by Crippen LogP contribution is -2.12. The fraction of sp³-hybridized carbons (Fsp3) is 0.273. The number of ether oxygens (including phenoxy) is 1. The highest BCUT2D eigenvalue weighted by Gasteiger charge is 2.10. The number of methoxy groups -OCH3 is 1. The maximum absolute atomic E-state index is 5.81. The molecule has 16 heavy (non-hydrogen) atoms. The molecule has 0 aliphatic heterocycles. The number of aromatic nitrogens is 3. The summed E-state index contributed by atoms with van der Waals surface area (Å²) in [6.45, 7) is 1.88. The minimum Gasteiger partial charge on any atom is -0.497 e. The Hall–Kier alpha value is -1.88. The summed E-state index contributed by atoms with van der Waals surface area (Å²) in [6.07, 6.45) is 1.65. The van der Waals surface area contributed by atoms with Crippen LogP contribution in [0.3, 0.4) is 0 Å². The van der Waals surface area contributed by atoms with Crippen molar-refractivity contribution in [3.05, 3.63) is 36.4 Å². The lowest BCUT2D eigenvalue weighted by molar-refractivity contribution is 0.414. The topological polar surface area (TPSA) is 66.0 Å². The van der Waals surface area contributed by atoms with Gasteiger partial charge in [-0.25, -0.2) is 0 Å². The van der Waals surface area contributed by atoms with Gasteiger partial charge in [0, 0.05) is 6.07 Å². The molecule has 84 valence electrons. The second-order valence-electron chi connectivity index (χ2n) is 3.55. The Bertz CT molecular complexity index is 478. The van der Waals surface area contributed by atoms with Crippen LogP contribution in [0, 0.1) is 0 Å². The Morgan fingerprint density at radius 1 is 1.44 bits per heavy atom. The van der Waals surface area contributed by atoms with Crippen molar-refractivity contribution in [3.8, 4) is 11.4 Å². The number of hydrogen-bond donors (Lipinski definition) is 1. The largest absolute Gasteiger partial charge is 0.497 e. The summed E-state index contributed by atoms with van der Waals surface area (Å²) in [6, 6.07) is 7.51. The van der Waals surface area contributed by atoms with E-state index in [1.54, 1.807) is 13.4 Å². The van der Waals surface area contributed by atoms with Gasteiger partial charge in [-0.3, -0.25) is 4.57 Å². The third-order valence-corrected chi connectivity index (χ3v) is 2.31. The van der Waals surface area contributed by atoms with Gasteiger partial charge >= 0.3 is 0 Å². The Morgan fingerprint density at radius 2 is 2.25 bits per heavy atom. The Balaban J connectivity index is 2.46. The molecule has 0 saturated carbocycles. The fourth-order valence-electron chi connectivity index (χ4n) is 1.51. The van der Waals surface area contributed by atoms with Crippen LogP contribution in [0.1, 0.15) is 18.8 Å². The third kappa shape index (κ3) is 1.90. The molecule has 1 atom stereocenters. The monoisotopic (exact) mass is 218 g/mol. The first-order valence-electron chi connectivity index (χ1n) is 5.02. The lowest BCUT2D eigenvalue weighted by Gasteiger charge is -2.09. The summed E-state index contributed by atoms with van der Waals surface area (Å²) in [7, 11) is 1.64. The molecule has 0 spiro atoms. The zero-order valence-corrected chi connectivity index (χ0v) is 9.29. The molecule has 0 saturated heterocycles. The van der Waals surface area contributed by atoms with Crippen molar-refractivity contribution < 1.29 is 4.74 Å². The van der Waals surface area contributed by atoms with Crippen molar-refractivity contribution in [1.29, 1.82) is 0 Å². The molecule has 1 unspecified atom stereocenters. The van der Waals surface area contributed by atoms with E-state index in [-0.39, 0.29) is 6.04 Å². The van der Waals surface area contributed by atoms with Gasteiger partial charge in [0.2, 0.25) is 0 Å². The van der Waals surface area contributed by atoms with Gasteiger partial charge in [-0.15, -0.1) is 10.2 Å². The van der Waals surface area contributed by atoms with Crippen LogP contribution in [0.4, 0.5) is 0 Å². The molecule has 0 bridgehead atoms. The lowest BCUT2D eigenvalue weighted by atomic mass is 10.2. The van der Waals surface area contributed by atoms with Gasteiger partial charge in [0.15, 0.2) is 5.82 Å². The molecule has 0 amide bonds. The number of hydrogen-bond acceptors (Lipinski definition) is 4. The van der Waals surface area contributed by atoms with E-state index >= 15 is 0 Å². The normalized spacial score (nSPS) is 12.4. The Kier molecular flexibility index (Phi) is 2.87. The minimum atomic E-state index is -0.159. The van der Waals surface area contributed by atoms with Crippen molar-refractivity contribution in [2.45, 2.75) is 13.0 Å². The third-order valence-electron chi connectivity index (χ3n) is 2.31. The molecular formula is C11H14N4O. The molecule has 2 rings (SSSR count). The van der Waals surface area contributed by atoms with Gasteiger partial charge in [0.1, 0.15) is 12.1 Å². The van der Waals surface area contributed by atoms with Gasteiger partial charge < -0.3 is 10.5 Å². The molecule has 0 radical (unpaired) electrons. The quantitative estimate of drug-likeness (QED) is 0.843. The zero-order chi connectivity index (χ0) is 11.5. The van der Waals surface area contributed by atoms with Crippen molar-refractivity contribution in [2.75, 3.05) is 7.11 Å². The van der Waals surface area contributed by atoms with Gasteiger partial charge in [0.25, 0.3) is 0 Å². The first kappa shape index (κ1) is 10.6. The van der Waals surface area contributed by atoms with Crippen LogP contribution in [0.2, 0.25) is 0 Å². The van der Waals surface area contributed by atoms with E-state index < -0.39 is 0 Å². The second kappa shape index (κ2) is 4.32. The minimum absolute atomic E-state index is 0.159. The summed E-state index contributed by atoms with van der Waals surface area (Å²) in [5, 5.41) is 7.86. The van der Waals surface area contributed by atoms with E-state index in [2.05, 4.69) is 10.2 Å². The average molecular weight is 218 g/mol. The molecule has 5 heteroatoms. The number of nitrogens with two attached hydrogens (primary N) is 1. The molecule has 0 fully saturated rings.